The molecule has 168 valence electrons. The Morgan fingerprint density at radius 3 is 2.55 bits per heavy atom. The fourth-order valence-electron chi connectivity index (χ4n) is 4.50. The van der Waals surface area contributed by atoms with E-state index in [1.807, 2.05) is 0 Å². The van der Waals surface area contributed by atoms with Crippen molar-refractivity contribution in [1.29, 1.82) is 0 Å². The van der Waals surface area contributed by atoms with Gasteiger partial charge in [0.25, 0.3) is 0 Å². The van der Waals surface area contributed by atoms with E-state index in [0.717, 1.165) is 45.0 Å². The highest BCUT2D eigenvalue weighted by Gasteiger charge is 2.32. The van der Waals surface area contributed by atoms with Gasteiger partial charge in [-0.25, -0.2) is 0 Å². The van der Waals surface area contributed by atoms with E-state index in [2.05, 4.69) is 22.5 Å². The third kappa shape index (κ3) is 8.20. The largest absolute Gasteiger partial charge is 0.375 e. The molecule has 2 heterocycles. The lowest BCUT2D eigenvalue weighted by atomic mass is 9.87. The molecule has 0 aromatic heterocycles. The molecule has 0 bridgehead atoms. The van der Waals surface area contributed by atoms with Gasteiger partial charge in [0.15, 0.2) is 5.96 Å². The third-order valence-electron chi connectivity index (χ3n) is 6.00. The van der Waals surface area contributed by atoms with Gasteiger partial charge in [-0.1, -0.05) is 19.3 Å². The topological polar surface area (TPSA) is 75.2 Å². The lowest BCUT2D eigenvalue weighted by Gasteiger charge is -2.37. The second kappa shape index (κ2) is 13.6. The number of halogens is 1. The van der Waals surface area contributed by atoms with Crippen molar-refractivity contribution < 1.29 is 14.3 Å². The summed E-state index contributed by atoms with van der Waals surface area (Å²) in [5, 5.41) is 6.43. The van der Waals surface area contributed by atoms with Gasteiger partial charge in [-0.05, 0) is 38.5 Å². The number of carbonyl (C=O) groups excluding carboxylic acids is 1. The minimum absolute atomic E-state index is 0. The molecule has 0 aromatic carbocycles. The summed E-state index contributed by atoms with van der Waals surface area (Å²) in [4.78, 5) is 19.2. The fourth-order valence-corrected chi connectivity index (χ4v) is 4.50. The minimum Gasteiger partial charge on any atom is -0.375 e. The van der Waals surface area contributed by atoms with E-state index in [1.54, 1.807) is 0 Å². The Morgan fingerprint density at radius 2 is 1.83 bits per heavy atom. The van der Waals surface area contributed by atoms with Gasteiger partial charge < -0.3 is 25.0 Å². The van der Waals surface area contributed by atoms with Gasteiger partial charge in [-0.2, -0.15) is 0 Å². The summed E-state index contributed by atoms with van der Waals surface area (Å²) in [7, 11) is 0. The molecule has 7 nitrogen and oxygen atoms in total. The molecule has 1 aliphatic carbocycles. The Morgan fingerprint density at radius 1 is 1.03 bits per heavy atom. The normalized spacial score (nSPS) is 26.1. The maximum Gasteiger partial charge on any atom is 0.220 e. The predicted molar refractivity (Wildman–Crippen MR) is 126 cm³/mol. The van der Waals surface area contributed by atoms with Crippen molar-refractivity contribution in [3.8, 4) is 0 Å². The summed E-state index contributed by atoms with van der Waals surface area (Å²) in [5.41, 5.74) is 0. The lowest BCUT2D eigenvalue weighted by molar-refractivity contribution is -0.122. The molecule has 0 aromatic rings. The predicted octanol–water partition coefficient (Wildman–Crippen LogP) is 2.54. The van der Waals surface area contributed by atoms with Gasteiger partial charge in [0, 0.05) is 39.2 Å². The molecule has 3 fully saturated rings. The van der Waals surface area contributed by atoms with Gasteiger partial charge in [0.2, 0.25) is 5.91 Å². The van der Waals surface area contributed by atoms with Crippen molar-refractivity contribution in [2.75, 3.05) is 45.9 Å². The first kappa shape index (κ1) is 24.7. The molecule has 2 saturated heterocycles. The molecule has 1 saturated carbocycles. The highest BCUT2D eigenvalue weighted by atomic mass is 127. The SMILES string of the molecule is CCNC(=NCCNC(=O)CC1CCCCC1)N1CCOC(C2CCCO2)C1.I. The van der Waals surface area contributed by atoms with Crippen LogP contribution in [-0.2, 0) is 14.3 Å². The molecule has 0 radical (unpaired) electrons. The highest BCUT2D eigenvalue weighted by Crippen LogP contribution is 2.26. The van der Waals surface area contributed by atoms with Crippen LogP contribution in [0, 0.1) is 5.92 Å². The number of amides is 1. The number of rotatable bonds is 7. The first-order valence-corrected chi connectivity index (χ1v) is 11.3. The standard InChI is InChI=1S/C21H38N4O3.HI/c1-2-22-21(25-12-14-28-19(16-25)18-9-6-13-27-18)24-11-10-23-20(26)15-17-7-4-3-5-8-17;/h17-19H,2-16H2,1H3,(H,22,24)(H,23,26);1H. The molecule has 3 aliphatic rings. The van der Waals surface area contributed by atoms with E-state index in [1.165, 1.54) is 32.1 Å². The van der Waals surface area contributed by atoms with Gasteiger partial charge >= 0.3 is 0 Å². The molecule has 0 spiro atoms. The molecule has 2 atom stereocenters. The second-order valence-corrected chi connectivity index (χ2v) is 8.20. The summed E-state index contributed by atoms with van der Waals surface area (Å²) in [6.45, 7) is 7.30. The maximum atomic E-state index is 12.2. The van der Waals surface area contributed by atoms with Crippen LogP contribution in [0.2, 0.25) is 0 Å². The van der Waals surface area contributed by atoms with E-state index < -0.39 is 0 Å². The molecular weight excluding hydrogens is 483 g/mol. The second-order valence-electron chi connectivity index (χ2n) is 8.20. The molecule has 29 heavy (non-hydrogen) atoms. The number of morpholine rings is 1. The number of hydrogen-bond donors (Lipinski definition) is 2. The molecule has 2 unspecified atom stereocenters. The van der Waals surface area contributed by atoms with Crippen molar-refractivity contribution in [3.63, 3.8) is 0 Å². The number of ether oxygens (including phenoxy) is 2. The first-order valence-electron chi connectivity index (χ1n) is 11.3. The fraction of sp³-hybridized carbons (Fsp3) is 0.905. The number of nitrogens with one attached hydrogen (secondary N) is 2. The summed E-state index contributed by atoms with van der Waals surface area (Å²) < 4.78 is 11.8. The van der Waals surface area contributed by atoms with Crippen LogP contribution in [0.4, 0.5) is 0 Å². The Balaban J connectivity index is 0.00000300. The Labute approximate surface area is 192 Å². The molecule has 1 amide bonds. The number of guanidine groups is 1. The van der Waals surface area contributed by atoms with Crippen LogP contribution in [0.25, 0.3) is 0 Å². The van der Waals surface area contributed by atoms with Crippen molar-refractivity contribution in [2.24, 2.45) is 10.9 Å². The van der Waals surface area contributed by atoms with E-state index in [-0.39, 0.29) is 42.1 Å². The zero-order valence-corrected chi connectivity index (χ0v) is 20.2. The molecule has 2 aliphatic heterocycles. The van der Waals surface area contributed by atoms with Crippen LogP contribution < -0.4 is 10.6 Å². The molecule has 3 rings (SSSR count). The van der Waals surface area contributed by atoms with Crippen LogP contribution in [0.1, 0.15) is 58.3 Å². The first-order chi connectivity index (χ1) is 13.8. The number of aliphatic imine (C=N–C) groups is 1. The van der Waals surface area contributed by atoms with E-state index >= 15 is 0 Å². The minimum atomic E-state index is 0. The Bertz CT molecular complexity index is 508. The summed E-state index contributed by atoms with van der Waals surface area (Å²) in [5.74, 6) is 1.67. The quantitative estimate of drug-likeness (QED) is 0.233. The van der Waals surface area contributed by atoms with Crippen LogP contribution in [-0.4, -0.2) is 74.9 Å². The average molecular weight is 522 g/mol. The van der Waals surface area contributed by atoms with Crippen LogP contribution >= 0.6 is 24.0 Å². The third-order valence-corrected chi connectivity index (χ3v) is 6.00. The molecule has 8 heteroatoms. The van der Waals surface area contributed by atoms with Gasteiger partial charge in [0.1, 0.15) is 6.10 Å². The van der Waals surface area contributed by atoms with Crippen LogP contribution in [0.3, 0.4) is 0 Å². The summed E-state index contributed by atoms with van der Waals surface area (Å²) >= 11 is 0. The summed E-state index contributed by atoms with van der Waals surface area (Å²) in [6, 6.07) is 0. The maximum absolute atomic E-state index is 12.2. The monoisotopic (exact) mass is 522 g/mol. The zero-order valence-electron chi connectivity index (χ0n) is 17.9. The van der Waals surface area contributed by atoms with Crippen molar-refractivity contribution in [3.05, 3.63) is 0 Å². The van der Waals surface area contributed by atoms with Crippen molar-refractivity contribution >= 4 is 35.8 Å². The highest BCUT2D eigenvalue weighted by molar-refractivity contribution is 14.0. The van der Waals surface area contributed by atoms with E-state index in [9.17, 15) is 4.79 Å². The van der Waals surface area contributed by atoms with Crippen molar-refractivity contribution in [1.82, 2.24) is 15.5 Å². The lowest BCUT2D eigenvalue weighted by Crippen LogP contribution is -2.53. The number of carbonyl (C=O) groups is 1. The average Bonchev–Trinajstić information content (AvgIpc) is 3.26. The Hall–Kier alpha value is -0.610. The van der Waals surface area contributed by atoms with E-state index in [0.29, 0.717) is 32.0 Å². The van der Waals surface area contributed by atoms with E-state index in [4.69, 9.17) is 14.5 Å². The van der Waals surface area contributed by atoms with Crippen molar-refractivity contribution in [2.45, 2.75) is 70.5 Å². The smallest absolute Gasteiger partial charge is 0.220 e. The number of hydrogen-bond acceptors (Lipinski definition) is 4. The Kier molecular flexibility index (Phi) is 11.6. The van der Waals surface area contributed by atoms with Gasteiger partial charge in [0.05, 0.1) is 19.3 Å². The summed E-state index contributed by atoms with van der Waals surface area (Å²) in [6.07, 6.45) is 9.52. The van der Waals surface area contributed by atoms with Crippen LogP contribution in [0.5, 0.6) is 0 Å². The van der Waals surface area contributed by atoms with Gasteiger partial charge in [-0.15, -0.1) is 24.0 Å². The zero-order chi connectivity index (χ0) is 19.6. The van der Waals surface area contributed by atoms with Gasteiger partial charge in [-0.3, -0.25) is 9.79 Å². The molecule has 2 N–H and O–H groups in total. The molecular formula is C21H39IN4O3. The number of nitrogens with zero attached hydrogens (tertiary/aromatic N) is 2. The van der Waals surface area contributed by atoms with Crippen LogP contribution in [0.15, 0.2) is 4.99 Å².